The zero-order chi connectivity index (χ0) is 27.7. The Hall–Kier alpha value is -3.21. The summed E-state index contributed by atoms with van der Waals surface area (Å²) in [5.74, 6) is -5.10. The van der Waals surface area contributed by atoms with Crippen LogP contribution in [0.1, 0.15) is 18.4 Å². The Morgan fingerprint density at radius 3 is 2.51 bits per heavy atom. The van der Waals surface area contributed by atoms with Crippen molar-refractivity contribution >= 4 is 58.9 Å². The van der Waals surface area contributed by atoms with E-state index in [2.05, 4.69) is 16.0 Å². The number of hydrogen-bond acceptors (Lipinski definition) is 11. The van der Waals surface area contributed by atoms with Crippen LogP contribution < -0.4 is 27.4 Å². The molecule has 1 aliphatic rings. The molecule has 0 aromatic heterocycles. The van der Waals surface area contributed by atoms with Gasteiger partial charge in [-0.25, -0.2) is 4.79 Å². The third-order valence-corrected chi connectivity index (χ3v) is 7.76. The number of aromatic hydroxyl groups is 1. The first kappa shape index (κ1) is 30.0. The van der Waals surface area contributed by atoms with E-state index in [9.17, 15) is 34.2 Å². The second kappa shape index (κ2) is 13.9. The fourth-order valence-corrected chi connectivity index (χ4v) is 5.91. The van der Waals surface area contributed by atoms with E-state index >= 15 is 0 Å². The SMILES string of the molecule is NCCc1cc(O)c2c(c1SC[C@H](NC(=O)CC[C@H](N)C(=O)O)C(=O)NCC(=O)O)SCC(C(=O)O)N2. The van der Waals surface area contributed by atoms with Gasteiger partial charge < -0.3 is 47.8 Å². The van der Waals surface area contributed by atoms with Crippen LogP contribution in [0.4, 0.5) is 5.69 Å². The molecule has 2 rings (SSSR count). The molecule has 16 heteroatoms. The number of carbonyl (C=O) groups is 5. The summed E-state index contributed by atoms with van der Waals surface area (Å²) in [5.41, 5.74) is 12.0. The number of phenols is 1. The number of carboxylic acids is 3. The van der Waals surface area contributed by atoms with Crippen LogP contribution in [-0.2, 0) is 30.4 Å². The third kappa shape index (κ3) is 8.70. The van der Waals surface area contributed by atoms with Crippen molar-refractivity contribution in [2.24, 2.45) is 11.5 Å². The lowest BCUT2D eigenvalue weighted by Crippen LogP contribution is -2.49. The number of thioether (sulfide) groups is 2. The van der Waals surface area contributed by atoms with Gasteiger partial charge in [-0.1, -0.05) is 0 Å². The van der Waals surface area contributed by atoms with Crippen molar-refractivity contribution in [3.05, 3.63) is 11.6 Å². The number of carbonyl (C=O) groups excluding carboxylic acids is 2. The number of benzene rings is 1. The van der Waals surface area contributed by atoms with Gasteiger partial charge in [0.05, 0.1) is 5.69 Å². The van der Waals surface area contributed by atoms with Crippen LogP contribution in [0.5, 0.6) is 5.75 Å². The fraction of sp³-hybridized carbons (Fsp3) is 0.476. The number of hydrogen-bond donors (Lipinski definition) is 9. The van der Waals surface area contributed by atoms with E-state index in [1.165, 1.54) is 17.8 Å². The Balaban J connectivity index is 2.28. The molecule has 0 radical (unpaired) electrons. The molecule has 1 aromatic rings. The molecule has 0 saturated heterocycles. The van der Waals surface area contributed by atoms with Crippen molar-refractivity contribution in [3.8, 4) is 5.75 Å². The summed E-state index contributed by atoms with van der Waals surface area (Å²) < 4.78 is 0. The first-order chi connectivity index (χ1) is 17.4. The van der Waals surface area contributed by atoms with Crippen LogP contribution in [0, 0.1) is 0 Å². The van der Waals surface area contributed by atoms with E-state index in [0.29, 0.717) is 21.8 Å². The summed E-state index contributed by atoms with van der Waals surface area (Å²) in [6, 6.07) is -1.92. The molecular formula is C21H29N5O9S2. The molecule has 1 heterocycles. The van der Waals surface area contributed by atoms with E-state index in [1.54, 1.807) is 0 Å². The molecule has 1 aromatic carbocycles. The summed E-state index contributed by atoms with van der Waals surface area (Å²) >= 11 is 2.35. The number of nitrogens with one attached hydrogen (secondary N) is 3. The minimum atomic E-state index is -1.29. The van der Waals surface area contributed by atoms with Gasteiger partial charge in [-0.15, -0.1) is 23.5 Å². The van der Waals surface area contributed by atoms with E-state index in [4.69, 9.17) is 21.7 Å². The Labute approximate surface area is 219 Å². The second-order valence-electron chi connectivity index (χ2n) is 8.00. The van der Waals surface area contributed by atoms with Crippen LogP contribution in [0.3, 0.4) is 0 Å². The molecule has 0 aliphatic carbocycles. The van der Waals surface area contributed by atoms with Gasteiger partial charge in [0.1, 0.15) is 30.4 Å². The Morgan fingerprint density at radius 2 is 1.92 bits per heavy atom. The molecule has 2 amide bonds. The third-order valence-electron chi connectivity index (χ3n) is 5.18. The number of amides is 2. The average molecular weight is 560 g/mol. The van der Waals surface area contributed by atoms with Gasteiger partial charge in [0.2, 0.25) is 11.8 Å². The molecule has 0 spiro atoms. The molecule has 1 aliphatic heterocycles. The minimum absolute atomic E-state index is 0.0557. The zero-order valence-corrected chi connectivity index (χ0v) is 21.2. The molecular weight excluding hydrogens is 530 g/mol. The second-order valence-corrected chi connectivity index (χ2v) is 10.1. The summed E-state index contributed by atoms with van der Waals surface area (Å²) in [4.78, 5) is 59.4. The number of aliphatic carboxylic acids is 3. The maximum atomic E-state index is 12.7. The smallest absolute Gasteiger partial charge is 0.327 e. The maximum absolute atomic E-state index is 12.7. The van der Waals surface area contributed by atoms with Crippen LogP contribution >= 0.6 is 23.5 Å². The molecule has 11 N–H and O–H groups in total. The van der Waals surface area contributed by atoms with Gasteiger partial charge >= 0.3 is 17.9 Å². The van der Waals surface area contributed by atoms with Crippen molar-refractivity contribution in [1.29, 1.82) is 0 Å². The Bertz CT molecular complexity index is 1060. The van der Waals surface area contributed by atoms with Crippen LogP contribution in [0.2, 0.25) is 0 Å². The predicted molar refractivity (Wildman–Crippen MR) is 135 cm³/mol. The highest BCUT2D eigenvalue weighted by Crippen LogP contribution is 2.47. The highest BCUT2D eigenvalue weighted by molar-refractivity contribution is 8.02. The lowest BCUT2D eigenvalue weighted by molar-refractivity contribution is -0.139. The molecule has 0 bridgehead atoms. The summed E-state index contributed by atoms with van der Waals surface area (Å²) in [5, 5.41) is 45.1. The Kier molecular flexibility index (Phi) is 11.3. The van der Waals surface area contributed by atoms with Crippen molar-refractivity contribution < 1.29 is 44.4 Å². The van der Waals surface area contributed by atoms with Gasteiger partial charge in [-0.05, 0) is 31.0 Å². The normalized spacial score (nSPS) is 16.0. The number of carboxylic acid groups (broad SMARTS) is 3. The van der Waals surface area contributed by atoms with Crippen LogP contribution in [-0.4, -0.2) is 92.9 Å². The minimum Gasteiger partial charge on any atom is -0.506 e. The van der Waals surface area contributed by atoms with E-state index in [0.717, 1.165) is 11.8 Å². The van der Waals surface area contributed by atoms with Gasteiger partial charge in [-0.3, -0.25) is 19.2 Å². The average Bonchev–Trinajstić information content (AvgIpc) is 2.84. The monoisotopic (exact) mass is 559 g/mol. The summed E-state index contributed by atoms with van der Waals surface area (Å²) in [6.45, 7) is -0.437. The maximum Gasteiger partial charge on any atom is 0.327 e. The van der Waals surface area contributed by atoms with Gasteiger partial charge in [0, 0.05) is 27.7 Å². The number of anilines is 1. The number of nitrogens with two attached hydrogens (primary N) is 2. The molecule has 3 atom stereocenters. The van der Waals surface area contributed by atoms with Gasteiger partial charge in [0.25, 0.3) is 0 Å². The van der Waals surface area contributed by atoms with E-state index in [-0.39, 0.29) is 42.3 Å². The largest absolute Gasteiger partial charge is 0.506 e. The fourth-order valence-electron chi connectivity index (χ4n) is 3.28. The first-order valence-corrected chi connectivity index (χ1v) is 13.0. The number of rotatable bonds is 14. The highest BCUT2D eigenvalue weighted by Gasteiger charge is 2.30. The molecule has 14 nitrogen and oxygen atoms in total. The summed E-state index contributed by atoms with van der Waals surface area (Å²) in [7, 11) is 0. The molecule has 1 unspecified atom stereocenters. The van der Waals surface area contributed by atoms with Crippen molar-refractivity contribution in [3.63, 3.8) is 0 Å². The summed E-state index contributed by atoms with van der Waals surface area (Å²) in [6.07, 6.45) is -0.0808. The molecule has 0 saturated carbocycles. The number of fused-ring (bicyclic) bond motifs is 1. The Morgan fingerprint density at radius 1 is 1.22 bits per heavy atom. The highest BCUT2D eigenvalue weighted by atomic mass is 32.2. The van der Waals surface area contributed by atoms with E-state index in [1.807, 2.05) is 0 Å². The molecule has 204 valence electrons. The standard InChI is InChI=1S/C21H29N5O9S2/c22-4-3-9-5-13(27)16-18(37-8-12(26-16)21(34)35)17(9)36-7-11(19(31)24-6-15(29)30)25-14(28)2-1-10(23)20(32)33/h5,10-12,26-27H,1-4,6-8,22-23H2,(H,24,31)(H,25,28)(H,29,30)(H,32,33)(H,34,35)/t10-,11-,12?/m0/s1. The van der Waals surface area contributed by atoms with Gasteiger partial charge in [0.15, 0.2) is 0 Å². The lowest BCUT2D eigenvalue weighted by Gasteiger charge is -2.28. The van der Waals surface area contributed by atoms with Crippen LogP contribution in [0.15, 0.2) is 15.9 Å². The lowest BCUT2D eigenvalue weighted by atomic mass is 10.1. The van der Waals surface area contributed by atoms with Gasteiger partial charge in [-0.2, -0.15) is 0 Å². The molecule has 37 heavy (non-hydrogen) atoms. The zero-order valence-electron chi connectivity index (χ0n) is 19.6. The van der Waals surface area contributed by atoms with Crippen molar-refractivity contribution in [2.45, 2.75) is 47.2 Å². The topological polar surface area (TPSA) is 254 Å². The predicted octanol–water partition coefficient (Wildman–Crippen LogP) is -1.17. The first-order valence-electron chi connectivity index (χ1n) is 11.1. The van der Waals surface area contributed by atoms with Crippen molar-refractivity contribution in [1.82, 2.24) is 10.6 Å². The van der Waals surface area contributed by atoms with Crippen LogP contribution in [0.25, 0.3) is 0 Å². The van der Waals surface area contributed by atoms with Crippen molar-refractivity contribution in [2.75, 3.05) is 29.9 Å². The molecule has 0 fully saturated rings. The quantitative estimate of drug-likeness (QED) is 0.0962. The number of phenolic OH excluding ortho intramolecular Hbond substituents is 1. The van der Waals surface area contributed by atoms with E-state index < -0.39 is 54.4 Å².